The van der Waals surface area contributed by atoms with Gasteiger partial charge in [0.1, 0.15) is 24.2 Å². The Bertz CT molecular complexity index is 1070. The molecule has 0 aliphatic carbocycles. The van der Waals surface area contributed by atoms with Crippen LogP contribution in [0.25, 0.3) is 22.0 Å². The standard InChI is InChI=1S/C24H30N2O4/c1-24(2,3)25-14-18(27)15-30-19-9-6-16(7-10-19)22-12-17-8-11-20(29-5)13-21(17)23(28)26(22)4/h6-13,18,25,27H,14-15H2,1-5H3/t18-/m0/s1. The quantitative estimate of drug-likeness (QED) is 0.625. The van der Waals surface area contributed by atoms with Crippen molar-refractivity contribution in [2.75, 3.05) is 20.3 Å². The van der Waals surface area contributed by atoms with E-state index >= 15 is 0 Å². The lowest BCUT2D eigenvalue weighted by atomic mass is 10.1. The van der Waals surface area contributed by atoms with Gasteiger partial charge in [0.15, 0.2) is 0 Å². The minimum absolute atomic E-state index is 0.0520. The van der Waals surface area contributed by atoms with Crippen LogP contribution in [-0.4, -0.2) is 41.6 Å². The first-order chi connectivity index (χ1) is 14.2. The summed E-state index contributed by atoms with van der Waals surface area (Å²) < 4.78 is 12.6. The van der Waals surface area contributed by atoms with E-state index in [-0.39, 0.29) is 17.7 Å². The molecule has 30 heavy (non-hydrogen) atoms. The monoisotopic (exact) mass is 410 g/mol. The number of rotatable bonds is 7. The Hall–Kier alpha value is -2.83. The van der Waals surface area contributed by atoms with E-state index < -0.39 is 6.10 Å². The molecule has 2 aromatic carbocycles. The van der Waals surface area contributed by atoms with Gasteiger partial charge in [0.2, 0.25) is 0 Å². The first-order valence-corrected chi connectivity index (χ1v) is 10.0. The molecule has 0 unspecified atom stereocenters. The van der Waals surface area contributed by atoms with Gasteiger partial charge in [-0.2, -0.15) is 0 Å². The highest BCUT2D eigenvalue weighted by molar-refractivity contribution is 5.86. The molecular weight excluding hydrogens is 380 g/mol. The number of hydrogen-bond donors (Lipinski definition) is 2. The maximum atomic E-state index is 12.8. The fourth-order valence-corrected chi connectivity index (χ4v) is 3.18. The van der Waals surface area contributed by atoms with Gasteiger partial charge in [-0.1, -0.05) is 6.07 Å². The lowest BCUT2D eigenvalue weighted by Crippen LogP contribution is -2.42. The minimum atomic E-state index is -0.595. The van der Waals surface area contributed by atoms with Gasteiger partial charge in [-0.25, -0.2) is 0 Å². The summed E-state index contributed by atoms with van der Waals surface area (Å²) in [6.45, 7) is 6.83. The van der Waals surface area contributed by atoms with E-state index in [0.29, 0.717) is 23.4 Å². The second-order valence-corrected chi connectivity index (χ2v) is 8.47. The van der Waals surface area contributed by atoms with E-state index in [2.05, 4.69) is 26.1 Å². The van der Waals surface area contributed by atoms with Crippen LogP contribution in [0.2, 0.25) is 0 Å². The van der Waals surface area contributed by atoms with Crippen molar-refractivity contribution >= 4 is 10.8 Å². The minimum Gasteiger partial charge on any atom is -0.497 e. The second kappa shape index (κ2) is 8.90. The number of aliphatic hydroxyl groups is 1. The molecule has 2 N–H and O–H groups in total. The van der Waals surface area contributed by atoms with E-state index in [0.717, 1.165) is 16.6 Å². The van der Waals surface area contributed by atoms with E-state index in [9.17, 15) is 9.90 Å². The highest BCUT2D eigenvalue weighted by atomic mass is 16.5. The van der Waals surface area contributed by atoms with E-state index in [1.807, 2.05) is 42.5 Å². The predicted molar refractivity (Wildman–Crippen MR) is 120 cm³/mol. The van der Waals surface area contributed by atoms with Gasteiger partial charge in [0.25, 0.3) is 5.56 Å². The third-order valence-electron chi connectivity index (χ3n) is 4.91. The Labute approximate surface area is 177 Å². The molecule has 0 bridgehead atoms. The van der Waals surface area contributed by atoms with E-state index in [4.69, 9.17) is 9.47 Å². The van der Waals surface area contributed by atoms with Crippen molar-refractivity contribution in [1.29, 1.82) is 0 Å². The number of β-amino-alcohol motifs (C(OH)–C–C–N with tert-alkyl or cyclic N) is 1. The number of benzene rings is 2. The number of methoxy groups -OCH3 is 1. The third kappa shape index (κ3) is 5.20. The molecule has 0 radical (unpaired) electrons. The number of aromatic nitrogens is 1. The number of fused-ring (bicyclic) bond motifs is 1. The predicted octanol–water partition coefficient (Wildman–Crippen LogP) is 3.34. The molecule has 0 spiro atoms. The van der Waals surface area contributed by atoms with Gasteiger partial charge in [-0.15, -0.1) is 0 Å². The summed E-state index contributed by atoms with van der Waals surface area (Å²) in [5, 5.41) is 14.8. The Morgan fingerprint density at radius 3 is 2.37 bits per heavy atom. The molecule has 0 amide bonds. The summed E-state index contributed by atoms with van der Waals surface area (Å²) in [6.07, 6.45) is -0.595. The summed E-state index contributed by atoms with van der Waals surface area (Å²) in [6, 6.07) is 15.0. The molecule has 160 valence electrons. The zero-order chi connectivity index (χ0) is 21.9. The summed E-state index contributed by atoms with van der Waals surface area (Å²) in [4.78, 5) is 12.8. The van der Waals surface area contributed by atoms with E-state index in [1.54, 1.807) is 24.8 Å². The second-order valence-electron chi connectivity index (χ2n) is 8.47. The third-order valence-corrected chi connectivity index (χ3v) is 4.91. The Morgan fingerprint density at radius 1 is 1.07 bits per heavy atom. The highest BCUT2D eigenvalue weighted by Gasteiger charge is 2.13. The van der Waals surface area contributed by atoms with Crippen LogP contribution >= 0.6 is 0 Å². The summed E-state index contributed by atoms with van der Waals surface area (Å²) in [5.41, 5.74) is 1.60. The lowest BCUT2D eigenvalue weighted by molar-refractivity contribution is 0.100. The maximum absolute atomic E-state index is 12.8. The number of nitrogens with zero attached hydrogens (tertiary/aromatic N) is 1. The maximum Gasteiger partial charge on any atom is 0.258 e. The van der Waals surface area contributed by atoms with Crippen molar-refractivity contribution in [3.05, 3.63) is 58.9 Å². The molecule has 0 saturated heterocycles. The van der Waals surface area contributed by atoms with Crippen LogP contribution in [0.15, 0.2) is 53.3 Å². The van der Waals surface area contributed by atoms with Crippen LogP contribution in [0.5, 0.6) is 11.5 Å². The van der Waals surface area contributed by atoms with Gasteiger partial charge in [0, 0.05) is 19.1 Å². The Morgan fingerprint density at radius 2 is 1.73 bits per heavy atom. The van der Waals surface area contributed by atoms with Crippen molar-refractivity contribution in [3.8, 4) is 22.8 Å². The van der Waals surface area contributed by atoms with Crippen LogP contribution in [0.3, 0.4) is 0 Å². The summed E-state index contributed by atoms with van der Waals surface area (Å²) in [5.74, 6) is 1.33. The average Bonchev–Trinajstić information content (AvgIpc) is 2.73. The molecule has 3 rings (SSSR count). The van der Waals surface area contributed by atoms with Gasteiger partial charge in [-0.05, 0) is 74.2 Å². The molecule has 3 aromatic rings. The normalized spacial score (nSPS) is 12.7. The number of hydrogen-bond acceptors (Lipinski definition) is 5. The fourth-order valence-electron chi connectivity index (χ4n) is 3.18. The molecule has 1 atom stereocenters. The van der Waals surface area contributed by atoms with Crippen LogP contribution in [0.4, 0.5) is 0 Å². The lowest BCUT2D eigenvalue weighted by Gasteiger charge is -2.23. The van der Waals surface area contributed by atoms with Crippen molar-refractivity contribution in [2.45, 2.75) is 32.4 Å². The average molecular weight is 411 g/mol. The number of aliphatic hydroxyl groups excluding tert-OH is 1. The SMILES string of the molecule is COc1ccc2cc(-c3ccc(OC[C@@H](O)CNC(C)(C)C)cc3)n(C)c(=O)c2c1. The van der Waals surface area contributed by atoms with Gasteiger partial charge >= 0.3 is 0 Å². The first-order valence-electron chi connectivity index (χ1n) is 10.0. The highest BCUT2D eigenvalue weighted by Crippen LogP contribution is 2.26. The van der Waals surface area contributed by atoms with Crippen molar-refractivity contribution < 1.29 is 14.6 Å². The summed E-state index contributed by atoms with van der Waals surface area (Å²) >= 11 is 0. The molecule has 1 aromatic heterocycles. The van der Waals surface area contributed by atoms with Crippen molar-refractivity contribution in [3.63, 3.8) is 0 Å². The smallest absolute Gasteiger partial charge is 0.258 e. The van der Waals surface area contributed by atoms with Gasteiger partial charge < -0.3 is 24.5 Å². The fraction of sp³-hybridized carbons (Fsp3) is 0.375. The van der Waals surface area contributed by atoms with Gasteiger partial charge in [-0.3, -0.25) is 4.79 Å². The largest absolute Gasteiger partial charge is 0.497 e. The number of pyridine rings is 1. The molecule has 1 heterocycles. The Kier molecular flexibility index (Phi) is 6.48. The molecule has 0 aliphatic rings. The molecule has 0 aliphatic heterocycles. The van der Waals surface area contributed by atoms with Crippen molar-refractivity contribution in [2.24, 2.45) is 7.05 Å². The Balaban J connectivity index is 1.75. The summed E-state index contributed by atoms with van der Waals surface area (Å²) in [7, 11) is 3.35. The van der Waals surface area contributed by atoms with Crippen LogP contribution < -0.4 is 20.3 Å². The zero-order valence-electron chi connectivity index (χ0n) is 18.2. The van der Waals surface area contributed by atoms with Crippen molar-refractivity contribution in [1.82, 2.24) is 9.88 Å². The van der Waals surface area contributed by atoms with Crippen LogP contribution in [0, 0.1) is 0 Å². The number of ether oxygens (including phenoxy) is 2. The molecule has 6 nitrogen and oxygen atoms in total. The molecule has 0 saturated carbocycles. The first kappa shape index (κ1) is 21.9. The molecule has 6 heteroatoms. The van der Waals surface area contributed by atoms with Crippen LogP contribution in [0.1, 0.15) is 20.8 Å². The molecular formula is C24H30N2O4. The zero-order valence-corrected chi connectivity index (χ0v) is 18.2. The topological polar surface area (TPSA) is 72.7 Å². The van der Waals surface area contributed by atoms with E-state index in [1.165, 1.54) is 0 Å². The molecule has 0 fully saturated rings. The van der Waals surface area contributed by atoms with Gasteiger partial charge in [0.05, 0.1) is 18.2 Å². The number of nitrogens with one attached hydrogen (secondary N) is 1. The van der Waals surface area contributed by atoms with Crippen LogP contribution in [-0.2, 0) is 7.05 Å².